The molecule has 0 unspecified atom stereocenters. The Labute approximate surface area is 163 Å². The van der Waals surface area contributed by atoms with Crippen molar-refractivity contribution < 1.29 is 47.6 Å². The molecule has 0 heterocycles. The summed E-state index contributed by atoms with van der Waals surface area (Å²) in [6.45, 7) is 7.41. The number of carbonyl (C=O) groups excluding carboxylic acids is 4. The summed E-state index contributed by atoms with van der Waals surface area (Å²) >= 11 is 0. The highest BCUT2D eigenvalue weighted by molar-refractivity contribution is 6.29. The van der Waals surface area contributed by atoms with Gasteiger partial charge in [0.2, 0.25) is 0 Å². The minimum absolute atomic E-state index is 0.0339. The van der Waals surface area contributed by atoms with Crippen molar-refractivity contribution in [1.82, 2.24) is 0 Å². The summed E-state index contributed by atoms with van der Waals surface area (Å²) in [5, 5.41) is 0. The Balaban J connectivity index is 3.45. The van der Waals surface area contributed by atoms with E-state index in [0.29, 0.717) is 0 Å². The summed E-state index contributed by atoms with van der Waals surface area (Å²) in [4.78, 5) is 44.4. The minimum atomic E-state index is -1.14. The van der Waals surface area contributed by atoms with Crippen LogP contribution in [0, 0.1) is 0 Å². The van der Waals surface area contributed by atoms with Crippen LogP contribution in [0.1, 0.15) is 6.42 Å². The molecule has 0 aliphatic heterocycles. The van der Waals surface area contributed by atoms with Gasteiger partial charge in [0.15, 0.2) is 5.78 Å². The fourth-order valence-corrected chi connectivity index (χ4v) is 1.46. The molecule has 0 saturated carbocycles. The van der Waals surface area contributed by atoms with Crippen LogP contribution in [0.3, 0.4) is 0 Å². The van der Waals surface area contributed by atoms with Gasteiger partial charge in [0.25, 0.3) is 0 Å². The average Bonchev–Trinajstić information content (AvgIpc) is 2.70. The fraction of sp³-hybridized carbons (Fsp3) is 0.556. The normalized spacial score (nSPS) is 10.0. The molecule has 0 aliphatic rings. The molecule has 0 aromatic rings. The highest BCUT2D eigenvalue weighted by Gasteiger charge is 2.16. The Morgan fingerprint density at radius 2 is 1.00 bits per heavy atom. The predicted molar refractivity (Wildman–Crippen MR) is 95.4 cm³/mol. The van der Waals surface area contributed by atoms with Crippen LogP contribution in [0.15, 0.2) is 25.3 Å². The van der Waals surface area contributed by atoms with E-state index in [1.165, 1.54) is 6.08 Å². The molecule has 0 aromatic heterocycles. The maximum atomic E-state index is 11.4. The lowest BCUT2D eigenvalue weighted by Crippen LogP contribution is -2.24. The van der Waals surface area contributed by atoms with E-state index < -0.39 is 17.9 Å². The topological polar surface area (TPSA) is 124 Å². The molecule has 0 fully saturated rings. The number of esters is 3. The van der Waals surface area contributed by atoms with Crippen molar-refractivity contribution >= 4 is 23.7 Å². The van der Waals surface area contributed by atoms with Crippen LogP contribution in [-0.2, 0) is 47.6 Å². The number of rotatable bonds is 17. The molecular formula is C18H26O10. The third-order valence-corrected chi connectivity index (χ3v) is 2.82. The largest absolute Gasteiger partial charge is 0.460 e. The zero-order chi connectivity index (χ0) is 21.0. The summed E-state index contributed by atoms with van der Waals surface area (Å²) in [6, 6.07) is 0. The third kappa shape index (κ3) is 15.7. The van der Waals surface area contributed by atoms with Gasteiger partial charge in [-0.3, -0.25) is 4.79 Å². The summed E-state index contributed by atoms with van der Waals surface area (Å²) in [6.07, 6.45) is 2.52. The van der Waals surface area contributed by atoms with E-state index in [4.69, 9.17) is 14.2 Å². The average molecular weight is 402 g/mol. The molecule has 0 N–H and O–H groups in total. The summed E-state index contributed by atoms with van der Waals surface area (Å²) in [5.74, 6) is -2.94. The Morgan fingerprint density at radius 3 is 1.46 bits per heavy atom. The van der Waals surface area contributed by atoms with Gasteiger partial charge in [-0.05, 0) is 6.08 Å². The van der Waals surface area contributed by atoms with E-state index in [1.54, 1.807) is 0 Å². The van der Waals surface area contributed by atoms with Crippen LogP contribution in [0.5, 0.6) is 0 Å². The molecule has 0 rings (SSSR count). The minimum Gasteiger partial charge on any atom is -0.460 e. The van der Waals surface area contributed by atoms with E-state index in [9.17, 15) is 19.2 Å². The van der Waals surface area contributed by atoms with Crippen molar-refractivity contribution in [1.29, 1.82) is 0 Å². The van der Waals surface area contributed by atoms with E-state index in [2.05, 4.69) is 27.4 Å². The first-order chi connectivity index (χ1) is 13.5. The van der Waals surface area contributed by atoms with Crippen molar-refractivity contribution in [3.8, 4) is 0 Å². The van der Waals surface area contributed by atoms with Crippen LogP contribution < -0.4 is 0 Å². The monoisotopic (exact) mass is 402 g/mol. The predicted octanol–water partition coefficient (Wildman–Crippen LogP) is -0.00300. The fourth-order valence-electron chi connectivity index (χ4n) is 1.46. The Kier molecular flexibility index (Phi) is 16.2. The lowest BCUT2D eigenvalue weighted by molar-refractivity contribution is -0.169. The molecule has 0 amide bonds. The quantitative estimate of drug-likeness (QED) is 0.108. The van der Waals surface area contributed by atoms with Crippen LogP contribution in [0.25, 0.3) is 0 Å². The molecule has 28 heavy (non-hydrogen) atoms. The standard InChI is InChI=1S/C18H26O10/c1-3-15(19)5-6-23-7-8-24-10-13-27-17(21)18(22)28-14-11-25-9-12-26-16(20)4-2/h3-4H,1-2,5-14H2. The smallest absolute Gasteiger partial charge is 0.417 e. The van der Waals surface area contributed by atoms with Gasteiger partial charge in [0.05, 0.1) is 39.6 Å². The first kappa shape index (κ1) is 25.4. The second kappa shape index (κ2) is 17.8. The van der Waals surface area contributed by atoms with Crippen molar-refractivity contribution in [3.63, 3.8) is 0 Å². The zero-order valence-electron chi connectivity index (χ0n) is 15.7. The van der Waals surface area contributed by atoms with Crippen LogP contribution in [-0.4, -0.2) is 83.2 Å². The maximum absolute atomic E-state index is 11.4. The lowest BCUT2D eigenvalue weighted by Gasteiger charge is -2.07. The number of allylic oxidation sites excluding steroid dienone is 1. The Hall–Kier alpha value is -2.56. The zero-order valence-corrected chi connectivity index (χ0v) is 15.7. The number of ketones is 1. The molecule has 0 aromatic carbocycles. The van der Waals surface area contributed by atoms with Gasteiger partial charge in [-0.1, -0.05) is 13.2 Å². The molecule has 158 valence electrons. The second-order valence-electron chi connectivity index (χ2n) is 4.90. The van der Waals surface area contributed by atoms with E-state index in [1.807, 2.05) is 0 Å². The highest BCUT2D eigenvalue weighted by Crippen LogP contribution is 1.89. The molecule has 0 atom stereocenters. The van der Waals surface area contributed by atoms with Gasteiger partial charge in [0.1, 0.15) is 19.8 Å². The van der Waals surface area contributed by atoms with Crippen LogP contribution >= 0.6 is 0 Å². The van der Waals surface area contributed by atoms with Gasteiger partial charge >= 0.3 is 17.9 Å². The number of ether oxygens (including phenoxy) is 6. The first-order valence-electron chi connectivity index (χ1n) is 8.52. The van der Waals surface area contributed by atoms with E-state index >= 15 is 0 Å². The van der Waals surface area contributed by atoms with Crippen molar-refractivity contribution in [2.75, 3.05) is 59.5 Å². The van der Waals surface area contributed by atoms with Crippen molar-refractivity contribution in [3.05, 3.63) is 25.3 Å². The molecule has 10 heteroatoms. The molecule has 0 saturated heterocycles. The molecule has 0 spiro atoms. The van der Waals surface area contributed by atoms with Gasteiger partial charge in [-0.2, -0.15) is 0 Å². The van der Waals surface area contributed by atoms with E-state index in [0.717, 1.165) is 6.08 Å². The van der Waals surface area contributed by atoms with Crippen molar-refractivity contribution in [2.45, 2.75) is 6.42 Å². The van der Waals surface area contributed by atoms with Gasteiger partial charge in [-0.15, -0.1) is 0 Å². The van der Waals surface area contributed by atoms with Crippen LogP contribution in [0.4, 0.5) is 0 Å². The second-order valence-corrected chi connectivity index (χ2v) is 4.90. The molecule has 0 aliphatic carbocycles. The molecule has 0 radical (unpaired) electrons. The van der Waals surface area contributed by atoms with Crippen molar-refractivity contribution in [2.24, 2.45) is 0 Å². The molecule has 0 bridgehead atoms. The third-order valence-electron chi connectivity index (χ3n) is 2.82. The molecular weight excluding hydrogens is 376 g/mol. The van der Waals surface area contributed by atoms with Gasteiger partial charge < -0.3 is 28.4 Å². The number of hydrogen-bond donors (Lipinski definition) is 0. The molecule has 10 nitrogen and oxygen atoms in total. The number of hydrogen-bond acceptors (Lipinski definition) is 10. The lowest BCUT2D eigenvalue weighted by atomic mass is 10.3. The Morgan fingerprint density at radius 1 is 0.571 bits per heavy atom. The summed E-state index contributed by atoms with van der Waals surface area (Å²) in [7, 11) is 0. The van der Waals surface area contributed by atoms with Gasteiger partial charge in [0, 0.05) is 12.5 Å². The number of carbonyl (C=O) groups is 4. The van der Waals surface area contributed by atoms with Crippen LogP contribution in [0.2, 0.25) is 0 Å². The maximum Gasteiger partial charge on any atom is 0.417 e. The van der Waals surface area contributed by atoms with Gasteiger partial charge in [-0.25, -0.2) is 14.4 Å². The highest BCUT2D eigenvalue weighted by atomic mass is 16.6. The first-order valence-corrected chi connectivity index (χ1v) is 8.52. The van der Waals surface area contributed by atoms with E-state index in [-0.39, 0.29) is 71.7 Å². The summed E-state index contributed by atoms with van der Waals surface area (Å²) in [5.41, 5.74) is 0. The Bertz CT molecular complexity index is 514. The summed E-state index contributed by atoms with van der Waals surface area (Å²) < 4.78 is 29.3. The SMILES string of the molecule is C=CC(=O)CCOCCOCCOC(=O)C(=O)OCCOCCOC(=O)C=C.